The smallest absolute Gasteiger partial charge is 0.264 e. The van der Waals surface area contributed by atoms with Gasteiger partial charge in [-0.15, -0.1) is 11.3 Å². The number of amides is 1. The van der Waals surface area contributed by atoms with E-state index in [0.29, 0.717) is 6.04 Å². The second kappa shape index (κ2) is 13.0. The molecule has 6 rings (SSSR count). The number of likely N-dealkylation sites (tertiary alicyclic amines) is 2. The lowest BCUT2D eigenvalue weighted by atomic mass is 10.0. The largest absolute Gasteiger partial charge is 0.492 e. The molecule has 0 aliphatic carbocycles. The first-order chi connectivity index (χ1) is 20.0. The van der Waals surface area contributed by atoms with E-state index in [-0.39, 0.29) is 5.91 Å². The number of rotatable bonds is 9. The Morgan fingerprint density at radius 1 is 0.976 bits per heavy atom. The molecule has 3 aromatic rings. The van der Waals surface area contributed by atoms with E-state index in [4.69, 9.17) is 4.74 Å². The maximum Gasteiger partial charge on any atom is 0.264 e. The summed E-state index contributed by atoms with van der Waals surface area (Å²) in [6, 6.07) is 8.98. The highest BCUT2D eigenvalue weighted by Crippen LogP contribution is 2.35. The number of piperazine rings is 1. The van der Waals surface area contributed by atoms with Gasteiger partial charge in [0.2, 0.25) is 0 Å². The highest BCUT2D eigenvalue weighted by molar-refractivity contribution is 7.20. The van der Waals surface area contributed by atoms with E-state index < -0.39 is 0 Å². The fourth-order valence-corrected chi connectivity index (χ4v) is 7.31. The Morgan fingerprint density at radius 2 is 1.71 bits per heavy atom. The molecule has 9 nitrogen and oxygen atoms in total. The number of anilines is 1. The highest BCUT2D eigenvalue weighted by Gasteiger charge is 2.27. The predicted octanol–water partition coefficient (Wildman–Crippen LogP) is 3.94. The van der Waals surface area contributed by atoms with Gasteiger partial charge in [0, 0.05) is 71.5 Å². The minimum absolute atomic E-state index is 0.146. The number of benzene rings is 1. The molecular formula is C31H43N7O2S. The number of hydrogen-bond acceptors (Lipinski definition) is 9. The van der Waals surface area contributed by atoms with Gasteiger partial charge in [0.15, 0.2) is 0 Å². The number of fused-ring (bicyclic) bond motifs is 1. The van der Waals surface area contributed by atoms with Crippen LogP contribution in [-0.2, 0) is 6.54 Å². The van der Waals surface area contributed by atoms with E-state index in [1.54, 1.807) is 6.33 Å². The molecule has 0 unspecified atom stereocenters. The number of ether oxygens (including phenoxy) is 1. The molecule has 3 saturated heterocycles. The Hall–Kier alpha value is -2.79. The lowest BCUT2D eigenvalue weighted by molar-refractivity contribution is 0.0797. The fraction of sp³-hybridized carbons (Fsp3) is 0.581. The van der Waals surface area contributed by atoms with Crippen LogP contribution in [0.2, 0.25) is 0 Å². The average molecular weight is 578 g/mol. The van der Waals surface area contributed by atoms with Crippen molar-refractivity contribution >= 4 is 33.3 Å². The van der Waals surface area contributed by atoms with Crippen LogP contribution in [0, 0.1) is 6.92 Å². The van der Waals surface area contributed by atoms with Gasteiger partial charge in [-0.1, -0.05) is 12.1 Å². The van der Waals surface area contributed by atoms with E-state index in [1.807, 2.05) is 11.8 Å². The number of aryl methyl sites for hydroxylation is 1. The van der Waals surface area contributed by atoms with E-state index in [0.717, 1.165) is 130 Å². The van der Waals surface area contributed by atoms with Crippen molar-refractivity contribution in [2.45, 2.75) is 45.2 Å². The van der Waals surface area contributed by atoms with Crippen molar-refractivity contribution < 1.29 is 9.53 Å². The zero-order valence-corrected chi connectivity index (χ0v) is 25.3. The van der Waals surface area contributed by atoms with Crippen LogP contribution in [0.4, 0.5) is 5.82 Å². The van der Waals surface area contributed by atoms with Crippen LogP contribution >= 0.6 is 11.3 Å². The normalized spacial score (nSPS) is 19.7. The molecule has 5 heterocycles. The first kappa shape index (κ1) is 28.3. The molecule has 1 N–H and O–H groups in total. The zero-order valence-electron chi connectivity index (χ0n) is 24.5. The second-order valence-electron chi connectivity index (χ2n) is 11.8. The first-order valence-corrected chi connectivity index (χ1v) is 16.0. The number of thiophene rings is 1. The number of carbonyl (C=O) groups excluding carboxylic acids is 1. The molecule has 1 aromatic carbocycles. The van der Waals surface area contributed by atoms with Crippen LogP contribution in [0.15, 0.2) is 30.6 Å². The summed E-state index contributed by atoms with van der Waals surface area (Å²) in [5.41, 5.74) is 2.33. The number of piperidine rings is 1. The second-order valence-corrected chi connectivity index (χ2v) is 12.8. The lowest BCUT2D eigenvalue weighted by Crippen LogP contribution is -2.45. The summed E-state index contributed by atoms with van der Waals surface area (Å²) in [5, 5.41) is 4.71. The maximum absolute atomic E-state index is 13.1. The van der Waals surface area contributed by atoms with Gasteiger partial charge in [-0.05, 0) is 62.9 Å². The molecule has 10 heteroatoms. The summed E-state index contributed by atoms with van der Waals surface area (Å²) in [4.78, 5) is 33.3. The predicted molar refractivity (Wildman–Crippen MR) is 165 cm³/mol. The molecule has 2 aromatic heterocycles. The number of aromatic nitrogens is 2. The van der Waals surface area contributed by atoms with Gasteiger partial charge in [0.05, 0.1) is 10.3 Å². The Bertz CT molecular complexity index is 1310. The fourth-order valence-electron chi connectivity index (χ4n) is 6.19. The lowest BCUT2D eigenvalue weighted by Gasteiger charge is -2.32. The summed E-state index contributed by atoms with van der Waals surface area (Å²) in [7, 11) is 2.19. The van der Waals surface area contributed by atoms with Crippen LogP contribution in [-0.4, -0.2) is 114 Å². The quantitative estimate of drug-likeness (QED) is 0.410. The Labute approximate surface area is 247 Å². The molecule has 0 bridgehead atoms. The number of hydrogen-bond donors (Lipinski definition) is 1. The standard InChI is InChI=1S/C31H43N7O2S/c1-23-27-29(32-22-33-30(27)41-28(23)31(39)38-11-3-4-12-38)34-25-9-13-37(14-10-25)21-24-5-7-26(8-6-24)40-20-19-36-17-15-35(2)16-18-36/h5-8,22,25H,3-4,9-21H2,1-2H3,(H,32,33,34). The van der Waals surface area contributed by atoms with Crippen molar-refractivity contribution in [2.75, 3.05) is 77.9 Å². The molecule has 0 spiro atoms. The van der Waals surface area contributed by atoms with Crippen LogP contribution < -0.4 is 10.1 Å². The Balaban J connectivity index is 0.979. The molecule has 3 aliphatic rings. The molecule has 0 atom stereocenters. The number of likely N-dealkylation sites (N-methyl/N-ethyl adjacent to an activating group) is 1. The van der Waals surface area contributed by atoms with Gasteiger partial charge in [0.1, 0.15) is 29.3 Å². The minimum Gasteiger partial charge on any atom is -0.492 e. The monoisotopic (exact) mass is 577 g/mol. The van der Waals surface area contributed by atoms with Crippen molar-refractivity contribution in [3.63, 3.8) is 0 Å². The molecule has 220 valence electrons. The zero-order chi connectivity index (χ0) is 28.2. The number of nitrogens with zero attached hydrogens (tertiary/aromatic N) is 6. The molecule has 3 fully saturated rings. The molecular weight excluding hydrogens is 534 g/mol. The summed E-state index contributed by atoms with van der Waals surface area (Å²) in [5.74, 6) is 1.97. The molecule has 41 heavy (non-hydrogen) atoms. The van der Waals surface area contributed by atoms with Gasteiger partial charge in [-0.2, -0.15) is 0 Å². The SMILES string of the molecule is Cc1c(C(=O)N2CCCC2)sc2ncnc(NC3CCN(Cc4ccc(OCCN5CCN(C)CC5)cc4)CC3)c12. The average Bonchev–Trinajstić information content (AvgIpc) is 3.65. The van der Waals surface area contributed by atoms with E-state index in [9.17, 15) is 4.79 Å². The van der Waals surface area contributed by atoms with Gasteiger partial charge < -0.3 is 19.9 Å². The number of nitrogens with one attached hydrogen (secondary N) is 1. The summed E-state index contributed by atoms with van der Waals surface area (Å²) < 4.78 is 6.02. The summed E-state index contributed by atoms with van der Waals surface area (Å²) >= 11 is 1.51. The van der Waals surface area contributed by atoms with E-state index in [2.05, 4.69) is 61.3 Å². The Morgan fingerprint density at radius 3 is 2.44 bits per heavy atom. The molecule has 1 amide bonds. The maximum atomic E-state index is 13.1. The third-order valence-corrected chi connectivity index (χ3v) is 10.0. The van der Waals surface area contributed by atoms with Crippen molar-refractivity contribution in [1.29, 1.82) is 0 Å². The summed E-state index contributed by atoms with van der Waals surface area (Å²) in [6.45, 7) is 13.1. The summed E-state index contributed by atoms with van der Waals surface area (Å²) in [6.07, 6.45) is 5.93. The third-order valence-electron chi connectivity index (χ3n) is 8.84. The number of carbonyl (C=O) groups is 1. The molecule has 0 saturated carbocycles. The van der Waals surface area contributed by atoms with Gasteiger partial charge >= 0.3 is 0 Å². The van der Waals surface area contributed by atoms with Crippen molar-refractivity contribution in [1.82, 2.24) is 29.6 Å². The van der Waals surface area contributed by atoms with Crippen LogP contribution in [0.25, 0.3) is 10.2 Å². The van der Waals surface area contributed by atoms with Crippen molar-refractivity contribution in [2.24, 2.45) is 0 Å². The van der Waals surface area contributed by atoms with Gasteiger partial charge in [-0.25, -0.2) is 9.97 Å². The van der Waals surface area contributed by atoms with E-state index >= 15 is 0 Å². The van der Waals surface area contributed by atoms with Crippen molar-refractivity contribution in [3.8, 4) is 5.75 Å². The first-order valence-electron chi connectivity index (χ1n) is 15.2. The van der Waals surface area contributed by atoms with Gasteiger partial charge in [-0.3, -0.25) is 14.6 Å². The van der Waals surface area contributed by atoms with Crippen LogP contribution in [0.1, 0.15) is 46.5 Å². The topological polar surface area (TPSA) is 77.1 Å². The minimum atomic E-state index is 0.146. The van der Waals surface area contributed by atoms with Crippen LogP contribution in [0.5, 0.6) is 5.75 Å². The van der Waals surface area contributed by atoms with Crippen LogP contribution in [0.3, 0.4) is 0 Å². The Kier molecular flexibility index (Phi) is 9.00. The van der Waals surface area contributed by atoms with Crippen molar-refractivity contribution in [3.05, 3.63) is 46.6 Å². The highest BCUT2D eigenvalue weighted by atomic mass is 32.1. The molecule has 3 aliphatic heterocycles. The third kappa shape index (κ3) is 6.83. The van der Waals surface area contributed by atoms with E-state index in [1.165, 1.54) is 16.9 Å². The molecule has 0 radical (unpaired) electrons. The van der Waals surface area contributed by atoms with Gasteiger partial charge in [0.25, 0.3) is 5.91 Å².